The Hall–Kier alpha value is -1.86. The zero-order valence-corrected chi connectivity index (χ0v) is 14.6. The average Bonchev–Trinajstić information content (AvgIpc) is 2.99. The summed E-state index contributed by atoms with van der Waals surface area (Å²) >= 11 is 3.49. The van der Waals surface area contributed by atoms with Crippen LogP contribution in [0, 0.1) is 0 Å². The summed E-state index contributed by atoms with van der Waals surface area (Å²) in [6, 6.07) is 4.75. The minimum atomic E-state index is -1.06. The van der Waals surface area contributed by atoms with Gasteiger partial charge in [-0.25, -0.2) is 4.79 Å². The number of fused-ring (bicyclic) bond motifs is 1. The Labute approximate surface area is 147 Å². The van der Waals surface area contributed by atoms with E-state index in [2.05, 4.69) is 26.2 Å². The molecule has 1 aliphatic heterocycles. The van der Waals surface area contributed by atoms with E-state index in [9.17, 15) is 14.7 Å². The second-order valence-corrected chi connectivity index (χ2v) is 6.79. The number of aromatic amines is 1. The highest BCUT2D eigenvalue weighted by Gasteiger charge is 2.28. The fraction of sp³-hybridized carbons (Fsp3) is 0.412. The van der Waals surface area contributed by atoms with Crippen LogP contribution in [0.5, 0.6) is 0 Å². The van der Waals surface area contributed by atoms with Crippen LogP contribution in [0.15, 0.2) is 28.9 Å². The van der Waals surface area contributed by atoms with Crippen molar-refractivity contribution >= 4 is 38.7 Å². The van der Waals surface area contributed by atoms with Crippen LogP contribution in [0.25, 0.3) is 10.9 Å². The number of hydrogen-bond donors (Lipinski definition) is 3. The number of ether oxygens (including phenoxy) is 1. The van der Waals surface area contributed by atoms with E-state index in [1.165, 1.54) is 0 Å². The van der Waals surface area contributed by atoms with E-state index in [1.807, 2.05) is 18.2 Å². The Morgan fingerprint density at radius 3 is 2.96 bits per heavy atom. The lowest BCUT2D eigenvalue weighted by Gasteiger charge is -2.23. The molecule has 128 valence electrons. The van der Waals surface area contributed by atoms with Gasteiger partial charge < -0.3 is 20.1 Å². The standard InChI is InChI=1S/C17H19BrN2O4/c18-11-4-3-5-12-15(11)10(9-19-12)8-13(17(22)23)20-16(21)14-6-1-2-7-24-14/h3-5,9,13-14,19H,1-2,6-8H2,(H,20,21)(H,22,23). The van der Waals surface area contributed by atoms with Crippen molar-refractivity contribution in [2.75, 3.05) is 6.61 Å². The molecule has 24 heavy (non-hydrogen) atoms. The Kier molecular flexibility index (Phi) is 5.20. The normalized spacial score (nSPS) is 19.1. The summed E-state index contributed by atoms with van der Waals surface area (Å²) in [5, 5.41) is 13.0. The predicted octanol–water partition coefficient (Wildman–Crippen LogP) is 2.61. The first kappa shape index (κ1) is 17.0. The molecule has 2 unspecified atom stereocenters. The number of carbonyl (C=O) groups is 2. The molecule has 1 amide bonds. The molecular weight excluding hydrogens is 376 g/mol. The van der Waals surface area contributed by atoms with Crippen molar-refractivity contribution in [3.63, 3.8) is 0 Å². The first-order valence-corrected chi connectivity index (χ1v) is 8.75. The Bertz CT molecular complexity index is 752. The average molecular weight is 395 g/mol. The molecule has 3 N–H and O–H groups in total. The van der Waals surface area contributed by atoms with Crippen molar-refractivity contribution in [1.82, 2.24) is 10.3 Å². The van der Waals surface area contributed by atoms with Gasteiger partial charge in [-0.05, 0) is 37.0 Å². The second-order valence-electron chi connectivity index (χ2n) is 5.94. The first-order chi connectivity index (χ1) is 11.6. The van der Waals surface area contributed by atoms with Crippen molar-refractivity contribution < 1.29 is 19.4 Å². The van der Waals surface area contributed by atoms with Crippen molar-refractivity contribution in [3.8, 4) is 0 Å². The quantitative estimate of drug-likeness (QED) is 0.726. The van der Waals surface area contributed by atoms with Gasteiger partial charge in [-0.3, -0.25) is 4.79 Å². The van der Waals surface area contributed by atoms with Gasteiger partial charge >= 0.3 is 5.97 Å². The van der Waals surface area contributed by atoms with Crippen LogP contribution in [-0.2, 0) is 20.7 Å². The Balaban J connectivity index is 1.76. The van der Waals surface area contributed by atoms with Crippen LogP contribution in [0.4, 0.5) is 0 Å². The van der Waals surface area contributed by atoms with Crippen molar-refractivity contribution in [1.29, 1.82) is 0 Å². The van der Waals surface area contributed by atoms with Gasteiger partial charge in [0, 0.05) is 34.6 Å². The highest BCUT2D eigenvalue weighted by Crippen LogP contribution is 2.27. The van der Waals surface area contributed by atoms with Crippen LogP contribution in [-0.4, -0.2) is 40.7 Å². The minimum absolute atomic E-state index is 0.205. The van der Waals surface area contributed by atoms with E-state index in [4.69, 9.17) is 4.74 Å². The van der Waals surface area contributed by atoms with Gasteiger partial charge in [0.1, 0.15) is 12.1 Å². The summed E-state index contributed by atoms with van der Waals surface area (Å²) < 4.78 is 6.32. The summed E-state index contributed by atoms with van der Waals surface area (Å²) in [5.41, 5.74) is 1.76. The van der Waals surface area contributed by atoms with Crippen molar-refractivity contribution in [2.45, 2.75) is 37.8 Å². The number of H-pyrrole nitrogens is 1. The van der Waals surface area contributed by atoms with Crippen molar-refractivity contribution in [2.24, 2.45) is 0 Å². The molecule has 0 saturated carbocycles. The van der Waals surface area contributed by atoms with Gasteiger partial charge in [0.25, 0.3) is 0 Å². The number of aromatic nitrogens is 1. The van der Waals surface area contributed by atoms with Crippen molar-refractivity contribution in [3.05, 3.63) is 34.4 Å². The Morgan fingerprint density at radius 1 is 1.42 bits per heavy atom. The molecule has 7 heteroatoms. The number of rotatable bonds is 5. The van der Waals surface area contributed by atoms with Gasteiger partial charge in [-0.2, -0.15) is 0 Å². The lowest BCUT2D eigenvalue weighted by Crippen LogP contribution is -2.48. The molecule has 1 fully saturated rings. The number of carboxylic acids is 1. The third-order valence-corrected chi connectivity index (χ3v) is 4.91. The largest absolute Gasteiger partial charge is 0.480 e. The van der Waals surface area contributed by atoms with Crippen LogP contribution in [0.3, 0.4) is 0 Å². The van der Waals surface area contributed by atoms with Crippen LogP contribution < -0.4 is 5.32 Å². The SMILES string of the molecule is O=C(O)C(Cc1c[nH]c2cccc(Br)c12)NC(=O)C1CCCCO1. The maximum Gasteiger partial charge on any atom is 0.326 e. The van der Waals surface area contributed by atoms with E-state index >= 15 is 0 Å². The number of amides is 1. The molecule has 2 aromatic rings. The van der Waals surface area contributed by atoms with Gasteiger partial charge in [-0.15, -0.1) is 0 Å². The molecule has 0 bridgehead atoms. The number of hydrogen-bond acceptors (Lipinski definition) is 3. The van der Waals surface area contributed by atoms with Gasteiger partial charge in [0.15, 0.2) is 0 Å². The topological polar surface area (TPSA) is 91.4 Å². The zero-order valence-electron chi connectivity index (χ0n) is 13.0. The lowest BCUT2D eigenvalue weighted by atomic mass is 10.0. The third-order valence-electron chi connectivity index (χ3n) is 4.25. The second kappa shape index (κ2) is 7.36. The molecular formula is C17H19BrN2O4. The lowest BCUT2D eigenvalue weighted by molar-refractivity contribution is -0.145. The zero-order chi connectivity index (χ0) is 17.1. The molecule has 1 aromatic carbocycles. The number of halogens is 1. The van der Waals surface area contributed by atoms with Crippen LogP contribution in [0.1, 0.15) is 24.8 Å². The molecule has 3 rings (SSSR count). The van der Waals surface area contributed by atoms with E-state index in [-0.39, 0.29) is 12.3 Å². The molecule has 2 atom stereocenters. The molecule has 0 spiro atoms. The number of benzene rings is 1. The first-order valence-electron chi connectivity index (χ1n) is 7.95. The maximum atomic E-state index is 12.3. The molecule has 6 nitrogen and oxygen atoms in total. The summed E-state index contributed by atoms with van der Waals surface area (Å²) in [6.07, 6.45) is 3.94. The molecule has 1 saturated heterocycles. The molecule has 0 aliphatic carbocycles. The van der Waals surface area contributed by atoms with E-state index in [1.54, 1.807) is 6.20 Å². The van der Waals surface area contributed by atoms with Crippen LogP contribution in [0.2, 0.25) is 0 Å². The smallest absolute Gasteiger partial charge is 0.326 e. The van der Waals surface area contributed by atoms with E-state index in [0.717, 1.165) is 33.8 Å². The number of carboxylic acid groups (broad SMARTS) is 1. The molecule has 2 heterocycles. The number of aliphatic carboxylic acids is 1. The summed E-state index contributed by atoms with van der Waals surface area (Å²) in [6.45, 7) is 0.547. The monoisotopic (exact) mass is 394 g/mol. The molecule has 1 aliphatic rings. The van der Waals surface area contributed by atoms with E-state index < -0.39 is 18.1 Å². The van der Waals surface area contributed by atoms with Gasteiger partial charge in [-0.1, -0.05) is 22.0 Å². The number of carbonyl (C=O) groups excluding carboxylic acids is 1. The summed E-state index contributed by atoms with van der Waals surface area (Å²) in [7, 11) is 0. The van der Waals surface area contributed by atoms with Crippen LogP contribution >= 0.6 is 15.9 Å². The highest BCUT2D eigenvalue weighted by molar-refractivity contribution is 9.10. The fourth-order valence-electron chi connectivity index (χ4n) is 3.00. The molecule has 1 aromatic heterocycles. The minimum Gasteiger partial charge on any atom is -0.480 e. The number of nitrogens with one attached hydrogen (secondary N) is 2. The highest BCUT2D eigenvalue weighted by atomic mass is 79.9. The fourth-order valence-corrected chi connectivity index (χ4v) is 3.62. The third kappa shape index (κ3) is 3.62. The summed E-state index contributed by atoms with van der Waals surface area (Å²) in [5.74, 6) is -1.40. The summed E-state index contributed by atoms with van der Waals surface area (Å²) in [4.78, 5) is 27.0. The maximum absolute atomic E-state index is 12.3. The van der Waals surface area contributed by atoms with E-state index in [0.29, 0.717) is 13.0 Å². The van der Waals surface area contributed by atoms with Gasteiger partial charge in [0.05, 0.1) is 0 Å². The Morgan fingerprint density at radius 2 is 2.25 bits per heavy atom. The molecule has 0 radical (unpaired) electrons. The predicted molar refractivity (Wildman–Crippen MR) is 92.9 cm³/mol. The van der Waals surface area contributed by atoms with Gasteiger partial charge in [0.2, 0.25) is 5.91 Å².